The number of hydrogen-bond acceptors (Lipinski definition) is 8. The zero-order valence-electron chi connectivity index (χ0n) is 16.9. The van der Waals surface area contributed by atoms with Crippen molar-refractivity contribution in [1.82, 2.24) is 34.9 Å². The quantitative estimate of drug-likeness (QED) is 0.522. The minimum atomic E-state index is -0.366. The molecule has 0 spiro atoms. The van der Waals surface area contributed by atoms with Gasteiger partial charge < -0.3 is 10.3 Å². The van der Waals surface area contributed by atoms with Gasteiger partial charge >= 0.3 is 0 Å². The molecule has 1 fully saturated rings. The summed E-state index contributed by atoms with van der Waals surface area (Å²) in [6.45, 7) is 2.48. The third-order valence-corrected chi connectivity index (χ3v) is 5.78. The van der Waals surface area contributed by atoms with Crippen molar-refractivity contribution in [3.63, 3.8) is 0 Å². The smallest absolute Gasteiger partial charge is 0.261 e. The highest BCUT2D eigenvalue weighted by Gasteiger charge is 2.47. The van der Waals surface area contributed by atoms with Crippen molar-refractivity contribution in [2.24, 2.45) is 18.7 Å². The summed E-state index contributed by atoms with van der Waals surface area (Å²) in [4.78, 5) is 17.9. The molecule has 4 aromatic heterocycles. The molecule has 0 amide bonds. The van der Waals surface area contributed by atoms with Gasteiger partial charge in [-0.25, -0.2) is 9.97 Å². The Hall–Kier alpha value is -3.46. The first-order valence-electron chi connectivity index (χ1n) is 9.89. The van der Waals surface area contributed by atoms with Gasteiger partial charge in [-0.2, -0.15) is 10.1 Å². The van der Waals surface area contributed by atoms with E-state index in [-0.39, 0.29) is 5.41 Å². The van der Waals surface area contributed by atoms with Gasteiger partial charge in [-0.3, -0.25) is 9.67 Å². The van der Waals surface area contributed by atoms with Crippen LogP contribution in [-0.4, -0.2) is 34.9 Å². The Morgan fingerprint density at radius 3 is 2.50 bits per heavy atom. The SMILES string of the molecule is Cn1cc(-c2nc([C@@](C)(c3ccc(-c4cnc(CN)nc4)nc3)C3CC3)no2)cn1. The highest BCUT2D eigenvalue weighted by molar-refractivity contribution is 5.57. The number of aromatic nitrogens is 7. The van der Waals surface area contributed by atoms with Gasteiger partial charge in [-0.1, -0.05) is 11.2 Å². The Morgan fingerprint density at radius 2 is 1.90 bits per heavy atom. The van der Waals surface area contributed by atoms with E-state index in [0.29, 0.717) is 30.0 Å². The number of nitrogens with two attached hydrogens (primary N) is 1. The normalized spacial score (nSPS) is 15.8. The fraction of sp³-hybridized carbons (Fsp3) is 0.333. The Balaban J connectivity index is 1.47. The fourth-order valence-electron chi connectivity index (χ4n) is 3.76. The first-order valence-corrected chi connectivity index (χ1v) is 9.89. The molecule has 0 bridgehead atoms. The Kier molecular flexibility index (Phi) is 4.39. The van der Waals surface area contributed by atoms with Crippen LogP contribution < -0.4 is 5.73 Å². The van der Waals surface area contributed by atoms with Crippen LogP contribution in [0.5, 0.6) is 0 Å². The molecule has 1 saturated carbocycles. The van der Waals surface area contributed by atoms with Crippen LogP contribution in [0.15, 0.2) is 47.6 Å². The number of nitrogens with zero attached hydrogens (tertiary/aromatic N) is 7. The van der Waals surface area contributed by atoms with Crippen LogP contribution in [0.3, 0.4) is 0 Å². The Bertz CT molecular complexity index is 1160. The molecule has 1 atom stereocenters. The number of aryl methyl sites for hydroxylation is 1. The van der Waals surface area contributed by atoms with E-state index in [2.05, 4.69) is 38.2 Å². The molecular formula is C21H22N8O. The van der Waals surface area contributed by atoms with Crippen molar-refractivity contribution < 1.29 is 4.52 Å². The number of hydrogen-bond donors (Lipinski definition) is 1. The van der Waals surface area contributed by atoms with E-state index in [1.807, 2.05) is 25.5 Å². The van der Waals surface area contributed by atoms with Gasteiger partial charge in [0.1, 0.15) is 5.82 Å². The molecule has 152 valence electrons. The van der Waals surface area contributed by atoms with Gasteiger partial charge in [0.15, 0.2) is 5.82 Å². The topological polar surface area (TPSA) is 121 Å². The van der Waals surface area contributed by atoms with E-state index in [1.54, 1.807) is 23.3 Å². The first-order chi connectivity index (χ1) is 14.6. The van der Waals surface area contributed by atoms with Crippen molar-refractivity contribution in [2.75, 3.05) is 0 Å². The molecule has 9 heteroatoms. The molecule has 4 aromatic rings. The molecular weight excluding hydrogens is 380 g/mol. The molecule has 2 N–H and O–H groups in total. The lowest BCUT2D eigenvalue weighted by atomic mass is 9.77. The zero-order valence-corrected chi connectivity index (χ0v) is 16.9. The Labute approximate surface area is 173 Å². The highest BCUT2D eigenvalue weighted by atomic mass is 16.5. The summed E-state index contributed by atoms with van der Waals surface area (Å²) in [6.07, 6.45) is 11.2. The van der Waals surface area contributed by atoms with E-state index >= 15 is 0 Å². The van der Waals surface area contributed by atoms with Crippen molar-refractivity contribution in [3.05, 3.63) is 60.3 Å². The van der Waals surface area contributed by atoms with E-state index in [0.717, 1.165) is 35.2 Å². The molecule has 5 rings (SSSR count). The zero-order chi connectivity index (χ0) is 20.7. The minimum absolute atomic E-state index is 0.318. The standard InChI is InChI=1S/C21H22N8O/c1-21(15-3-4-15,20-27-19(30-28-20)14-10-26-29(2)12-14)16-5-6-17(23-11-16)13-8-24-18(7-22)25-9-13/h5-6,8-12,15H,3-4,7,22H2,1-2H3/t21-/m1/s1. The predicted molar refractivity (Wildman–Crippen MR) is 109 cm³/mol. The largest absolute Gasteiger partial charge is 0.334 e. The van der Waals surface area contributed by atoms with Crippen LogP contribution in [-0.2, 0) is 19.0 Å². The molecule has 1 aliphatic carbocycles. The van der Waals surface area contributed by atoms with E-state index < -0.39 is 0 Å². The molecule has 0 radical (unpaired) electrons. The molecule has 0 unspecified atom stereocenters. The van der Waals surface area contributed by atoms with Gasteiger partial charge in [0.25, 0.3) is 5.89 Å². The van der Waals surface area contributed by atoms with E-state index in [1.165, 1.54) is 0 Å². The van der Waals surface area contributed by atoms with Crippen LogP contribution in [0.1, 0.15) is 37.0 Å². The van der Waals surface area contributed by atoms with Gasteiger partial charge in [0.2, 0.25) is 0 Å². The number of pyridine rings is 1. The number of rotatable bonds is 6. The molecule has 0 aromatic carbocycles. The van der Waals surface area contributed by atoms with Crippen LogP contribution in [0.25, 0.3) is 22.7 Å². The second-order valence-electron chi connectivity index (χ2n) is 7.83. The monoisotopic (exact) mass is 402 g/mol. The molecule has 0 saturated heterocycles. The van der Waals surface area contributed by atoms with E-state index in [9.17, 15) is 0 Å². The van der Waals surface area contributed by atoms with Crippen molar-refractivity contribution in [2.45, 2.75) is 31.7 Å². The average molecular weight is 402 g/mol. The maximum Gasteiger partial charge on any atom is 0.261 e. The van der Waals surface area contributed by atoms with Crippen LogP contribution in [0, 0.1) is 5.92 Å². The third-order valence-electron chi connectivity index (χ3n) is 5.78. The van der Waals surface area contributed by atoms with E-state index in [4.69, 9.17) is 15.2 Å². The molecule has 9 nitrogen and oxygen atoms in total. The molecule has 0 aliphatic heterocycles. The third kappa shape index (κ3) is 3.17. The molecule has 4 heterocycles. The van der Waals surface area contributed by atoms with Crippen LogP contribution in [0.4, 0.5) is 0 Å². The predicted octanol–water partition coefficient (Wildman–Crippen LogP) is 2.50. The van der Waals surface area contributed by atoms with Crippen LogP contribution in [0.2, 0.25) is 0 Å². The summed E-state index contributed by atoms with van der Waals surface area (Å²) in [7, 11) is 1.86. The van der Waals surface area contributed by atoms with Gasteiger partial charge in [0.05, 0.1) is 29.4 Å². The van der Waals surface area contributed by atoms with Crippen molar-refractivity contribution in [3.8, 4) is 22.7 Å². The lowest BCUT2D eigenvalue weighted by molar-refractivity contribution is 0.386. The maximum atomic E-state index is 5.57. The molecule has 1 aliphatic rings. The Morgan fingerprint density at radius 1 is 1.10 bits per heavy atom. The maximum absolute atomic E-state index is 5.57. The van der Waals surface area contributed by atoms with Crippen molar-refractivity contribution in [1.29, 1.82) is 0 Å². The summed E-state index contributed by atoms with van der Waals surface area (Å²) in [6, 6.07) is 4.07. The van der Waals surface area contributed by atoms with Gasteiger partial charge in [-0.15, -0.1) is 0 Å². The summed E-state index contributed by atoms with van der Waals surface area (Å²) < 4.78 is 7.28. The highest BCUT2D eigenvalue weighted by Crippen LogP contribution is 2.50. The first kappa shape index (κ1) is 18.6. The lowest BCUT2D eigenvalue weighted by Crippen LogP contribution is -2.28. The lowest BCUT2D eigenvalue weighted by Gasteiger charge is -2.26. The summed E-state index contributed by atoms with van der Waals surface area (Å²) in [5.41, 5.74) is 8.74. The summed E-state index contributed by atoms with van der Waals surface area (Å²) in [5.74, 6) is 2.22. The summed E-state index contributed by atoms with van der Waals surface area (Å²) >= 11 is 0. The second kappa shape index (κ2) is 7.10. The second-order valence-corrected chi connectivity index (χ2v) is 7.83. The van der Waals surface area contributed by atoms with Gasteiger partial charge in [0, 0.05) is 37.4 Å². The van der Waals surface area contributed by atoms with Crippen LogP contribution >= 0.6 is 0 Å². The summed E-state index contributed by atoms with van der Waals surface area (Å²) in [5, 5.41) is 8.51. The average Bonchev–Trinajstić information content (AvgIpc) is 3.37. The molecule has 30 heavy (non-hydrogen) atoms. The minimum Gasteiger partial charge on any atom is -0.334 e. The fourth-order valence-corrected chi connectivity index (χ4v) is 3.76. The van der Waals surface area contributed by atoms with Crippen molar-refractivity contribution >= 4 is 0 Å². The van der Waals surface area contributed by atoms with Gasteiger partial charge in [-0.05, 0) is 37.3 Å².